The second-order valence-corrected chi connectivity index (χ2v) is 7.02. The van der Waals surface area contributed by atoms with E-state index in [1.165, 1.54) is 0 Å². The highest BCUT2D eigenvalue weighted by Crippen LogP contribution is 2.28. The van der Waals surface area contributed by atoms with Crippen LogP contribution in [0.4, 0.5) is 5.82 Å². The van der Waals surface area contributed by atoms with E-state index in [2.05, 4.69) is 15.2 Å². The number of fused-ring (bicyclic) bond motifs is 1. The highest BCUT2D eigenvalue weighted by Gasteiger charge is 2.32. The molecule has 4 rings (SSSR count). The van der Waals surface area contributed by atoms with Crippen molar-refractivity contribution >= 4 is 11.7 Å². The van der Waals surface area contributed by atoms with Gasteiger partial charge in [0.1, 0.15) is 5.82 Å². The van der Waals surface area contributed by atoms with E-state index in [4.69, 9.17) is 4.74 Å². The quantitative estimate of drug-likeness (QED) is 0.876. The number of morpholine rings is 1. The van der Waals surface area contributed by atoms with Crippen LogP contribution in [0.25, 0.3) is 0 Å². The van der Waals surface area contributed by atoms with Gasteiger partial charge in [-0.25, -0.2) is 4.98 Å². The van der Waals surface area contributed by atoms with Crippen molar-refractivity contribution in [1.82, 2.24) is 15.2 Å². The Kier molecular flexibility index (Phi) is 4.67. The molecule has 0 radical (unpaired) electrons. The first-order chi connectivity index (χ1) is 11.8. The molecule has 3 saturated heterocycles. The Bertz CT molecular complexity index is 574. The second-order valence-electron chi connectivity index (χ2n) is 7.02. The number of likely N-dealkylation sites (tertiary alicyclic amines) is 1. The van der Waals surface area contributed by atoms with Crippen molar-refractivity contribution in [3.63, 3.8) is 0 Å². The predicted molar refractivity (Wildman–Crippen MR) is 92.3 cm³/mol. The molecule has 6 heteroatoms. The summed E-state index contributed by atoms with van der Waals surface area (Å²) in [6, 6.07) is 3.79. The standard InChI is InChI=1S/C18H26N4O2/c23-18(22-6-3-14-12-19-13-15(14)4-7-22)16-2-1-5-20-17(16)21-8-10-24-11-9-21/h1-2,5,14-15,19H,3-4,6-13H2/t14-,15+. The van der Waals surface area contributed by atoms with E-state index in [-0.39, 0.29) is 5.91 Å². The van der Waals surface area contributed by atoms with Gasteiger partial charge in [0.2, 0.25) is 0 Å². The Morgan fingerprint density at radius 1 is 1.12 bits per heavy atom. The van der Waals surface area contributed by atoms with E-state index in [0.29, 0.717) is 13.2 Å². The molecular weight excluding hydrogens is 304 g/mol. The van der Waals surface area contributed by atoms with Crippen LogP contribution >= 0.6 is 0 Å². The Morgan fingerprint density at radius 2 is 1.83 bits per heavy atom. The molecule has 2 atom stereocenters. The van der Waals surface area contributed by atoms with Gasteiger partial charge in [-0.05, 0) is 49.9 Å². The second kappa shape index (κ2) is 7.07. The number of hydrogen-bond donors (Lipinski definition) is 1. The molecule has 3 aliphatic heterocycles. The van der Waals surface area contributed by atoms with Crippen LogP contribution in [-0.4, -0.2) is 68.3 Å². The summed E-state index contributed by atoms with van der Waals surface area (Å²) in [7, 11) is 0. The van der Waals surface area contributed by atoms with E-state index in [1.807, 2.05) is 17.0 Å². The van der Waals surface area contributed by atoms with Crippen LogP contribution in [0, 0.1) is 11.8 Å². The van der Waals surface area contributed by atoms with E-state index in [9.17, 15) is 4.79 Å². The zero-order valence-electron chi connectivity index (χ0n) is 14.1. The van der Waals surface area contributed by atoms with Crippen molar-refractivity contribution in [2.45, 2.75) is 12.8 Å². The molecule has 0 saturated carbocycles. The van der Waals surface area contributed by atoms with Crippen LogP contribution in [0.2, 0.25) is 0 Å². The summed E-state index contributed by atoms with van der Waals surface area (Å²) in [5.74, 6) is 2.42. The number of ether oxygens (including phenoxy) is 1. The molecule has 0 spiro atoms. The number of carbonyl (C=O) groups is 1. The normalized spacial score (nSPS) is 27.7. The van der Waals surface area contributed by atoms with Crippen LogP contribution < -0.4 is 10.2 Å². The molecule has 1 aromatic rings. The lowest BCUT2D eigenvalue weighted by Crippen LogP contribution is -2.39. The predicted octanol–water partition coefficient (Wildman–Crippen LogP) is 0.990. The maximum Gasteiger partial charge on any atom is 0.257 e. The first kappa shape index (κ1) is 15.8. The number of aromatic nitrogens is 1. The molecule has 3 aliphatic rings. The molecule has 1 N–H and O–H groups in total. The summed E-state index contributed by atoms with van der Waals surface area (Å²) in [4.78, 5) is 21.9. The Balaban J connectivity index is 1.51. The van der Waals surface area contributed by atoms with Crippen molar-refractivity contribution in [3.8, 4) is 0 Å². The van der Waals surface area contributed by atoms with Gasteiger partial charge in [0, 0.05) is 32.4 Å². The fourth-order valence-electron chi connectivity index (χ4n) is 4.18. The number of pyridine rings is 1. The highest BCUT2D eigenvalue weighted by molar-refractivity contribution is 5.99. The van der Waals surface area contributed by atoms with Crippen LogP contribution in [0.1, 0.15) is 23.2 Å². The summed E-state index contributed by atoms with van der Waals surface area (Å²) in [6.45, 7) is 6.93. The minimum absolute atomic E-state index is 0.137. The monoisotopic (exact) mass is 330 g/mol. The molecule has 0 unspecified atom stereocenters. The Labute approximate surface area is 143 Å². The van der Waals surface area contributed by atoms with Gasteiger partial charge in [0.25, 0.3) is 5.91 Å². The van der Waals surface area contributed by atoms with Gasteiger partial charge < -0.3 is 19.9 Å². The highest BCUT2D eigenvalue weighted by atomic mass is 16.5. The summed E-state index contributed by atoms with van der Waals surface area (Å²) >= 11 is 0. The summed E-state index contributed by atoms with van der Waals surface area (Å²) in [5, 5.41) is 3.49. The largest absolute Gasteiger partial charge is 0.378 e. The van der Waals surface area contributed by atoms with Gasteiger partial charge in [-0.2, -0.15) is 0 Å². The van der Waals surface area contributed by atoms with Crippen molar-refractivity contribution in [3.05, 3.63) is 23.9 Å². The van der Waals surface area contributed by atoms with E-state index in [0.717, 1.165) is 75.3 Å². The third-order valence-corrected chi connectivity index (χ3v) is 5.63. The number of carbonyl (C=O) groups excluding carboxylic acids is 1. The fraction of sp³-hybridized carbons (Fsp3) is 0.667. The number of nitrogens with zero attached hydrogens (tertiary/aromatic N) is 3. The van der Waals surface area contributed by atoms with Gasteiger partial charge in [-0.15, -0.1) is 0 Å². The van der Waals surface area contributed by atoms with Crippen LogP contribution in [0.15, 0.2) is 18.3 Å². The molecule has 6 nitrogen and oxygen atoms in total. The molecule has 3 fully saturated rings. The third-order valence-electron chi connectivity index (χ3n) is 5.63. The lowest BCUT2D eigenvalue weighted by Gasteiger charge is -2.30. The molecule has 0 aliphatic carbocycles. The molecule has 0 aromatic carbocycles. The molecule has 24 heavy (non-hydrogen) atoms. The van der Waals surface area contributed by atoms with Crippen molar-refractivity contribution in [1.29, 1.82) is 0 Å². The zero-order chi connectivity index (χ0) is 16.4. The number of anilines is 1. The number of amides is 1. The van der Waals surface area contributed by atoms with Gasteiger partial charge in [-0.1, -0.05) is 0 Å². The van der Waals surface area contributed by atoms with Crippen molar-refractivity contribution < 1.29 is 9.53 Å². The van der Waals surface area contributed by atoms with Crippen LogP contribution in [0.3, 0.4) is 0 Å². The summed E-state index contributed by atoms with van der Waals surface area (Å²) in [5.41, 5.74) is 0.740. The minimum atomic E-state index is 0.137. The van der Waals surface area contributed by atoms with E-state index in [1.54, 1.807) is 6.20 Å². The Hall–Kier alpha value is -1.66. The molecule has 4 heterocycles. The molecule has 0 bridgehead atoms. The van der Waals surface area contributed by atoms with Crippen molar-refractivity contribution in [2.24, 2.45) is 11.8 Å². The number of nitrogens with one attached hydrogen (secondary N) is 1. The first-order valence-electron chi connectivity index (χ1n) is 9.10. The smallest absolute Gasteiger partial charge is 0.257 e. The van der Waals surface area contributed by atoms with E-state index >= 15 is 0 Å². The Morgan fingerprint density at radius 3 is 2.54 bits per heavy atom. The van der Waals surface area contributed by atoms with Gasteiger partial charge in [-0.3, -0.25) is 4.79 Å². The number of rotatable bonds is 2. The lowest BCUT2D eigenvalue weighted by atomic mass is 9.92. The third kappa shape index (κ3) is 3.13. The van der Waals surface area contributed by atoms with Gasteiger partial charge >= 0.3 is 0 Å². The van der Waals surface area contributed by atoms with Gasteiger partial charge in [0.05, 0.1) is 18.8 Å². The molecule has 1 aromatic heterocycles. The van der Waals surface area contributed by atoms with Gasteiger partial charge in [0.15, 0.2) is 0 Å². The van der Waals surface area contributed by atoms with E-state index < -0.39 is 0 Å². The van der Waals surface area contributed by atoms with Crippen LogP contribution in [0.5, 0.6) is 0 Å². The molecule has 130 valence electrons. The summed E-state index contributed by atoms with van der Waals surface area (Å²) in [6.07, 6.45) is 3.99. The summed E-state index contributed by atoms with van der Waals surface area (Å²) < 4.78 is 5.43. The average Bonchev–Trinajstić information content (AvgIpc) is 3.00. The topological polar surface area (TPSA) is 57.7 Å². The maximum atomic E-state index is 13.1. The average molecular weight is 330 g/mol. The number of hydrogen-bond acceptors (Lipinski definition) is 5. The van der Waals surface area contributed by atoms with Crippen molar-refractivity contribution in [2.75, 3.05) is 57.4 Å². The molecule has 1 amide bonds. The fourth-order valence-corrected chi connectivity index (χ4v) is 4.18. The molecular formula is C18H26N4O2. The first-order valence-corrected chi connectivity index (χ1v) is 9.10. The zero-order valence-corrected chi connectivity index (χ0v) is 14.1. The van der Waals surface area contributed by atoms with Crippen LogP contribution in [-0.2, 0) is 4.74 Å². The SMILES string of the molecule is O=C(c1cccnc1N1CCOCC1)N1CC[C@@H]2CNC[C@@H]2CC1. The maximum absolute atomic E-state index is 13.1. The lowest BCUT2D eigenvalue weighted by molar-refractivity contribution is 0.0757. The minimum Gasteiger partial charge on any atom is -0.378 e.